The van der Waals surface area contributed by atoms with Gasteiger partial charge in [-0.05, 0) is 76.4 Å². The van der Waals surface area contributed by atoms with E-state index in [9.17, 15) is 4.79 Å². The molecule has 2 heteroatoms. The van der Waals surface area contributed by atoms with Gasteiger partial charge in [-0.1, -0.05) is 91.0 Å². The predicted molar refractivity (Wildman–Crippen MR) is 124 cm³/mol. The second-order valence-corrected chi connectivity index (χ2v) is 7.88. The molecule has 0 atom stereocenters. The van der Waals surface area contributed by atoms with Crippen molar-refractivity contribution < 1.29 is 4.79 Å². The monoisotopic (exact) mass is 410 g/mol. The van der Waals surface area contributed by atoms with E-state index in [1.165, 1.54) is 22.3 Å². The second kappa shape index (κ2) is 9.56. The molecule has 0 amide bonds. The normalized spacial score (nSPS) is 10.7. The van der Waals surface area contributed by atoms with Gasteiger partial charge in [0, 0.05) is 5.56 Å². The summed E-state index contributed by atoms with van der Waals surface area (Å²) < 4.78 is 0. The average Bonchev–Trinajstić information content (AvgIpc) is 2.78. The summed E-state index contributed by atoms with van der Waals surface area (Å²) in [4.78, 5) is 12.1. The number of rotatable bonds is 7. The molecule has 30 heavy (non-hydrogen) atoms. The van der Waals surface area contributed by atoms with Crippen molar-refractivity contribution in [2.45, 2.75) is 19.3 Å². The maximum Gasteiger partial charge on any atom is 0.252 e. The number of halogens is 1. The summed E-state index contributed by atoms with van der Waals surface area (Å²) >= 11 is 5.93. The molecule has 4 aromatic rings. The van der Waals surface area contributed by atoms with E-state index in [1.54, 1.807) is 0 Å². The standard InChI is InChI=1S/C28H23ClO/c29-28(30)26-19-24(16-21-10-4-1-5-11-21)27(18-23-14-8-3-9-15-23)25(20-26)17-22-12-6-2-7-13-22/h1-15,19-20H,16-18H2. The largest absolute Gasteiger partial charge is 0.276 e. The first kappa shape index (κ1) is 20.1. The van der Waals surface area contributed by atoms with Crippen LogP contribution >= 0.6 is 11.6 Å². The Bertz CT molecular complexity index is 1060. The zero-order valence-corrected chi connectivity index (χ0v) is 17.5. The van der Waals surface area contributed by atoms with E-state index in [0.29, 0.717) is 5.56 Å². The van der Waals surface area contributed by atoms with Crippen LogP contribution < -0.4 is 0 Å². The Hall–Kier alpha value is -3.16. The Labute approximate surface area is 183 Å². The first-order valence-corrected chi connectivity index (χ1v) is 10.5. The van der Waals surface area contributed by atoms with Gasteiger partial charge in [0.1, 0.15) is 0 Å². The molecule has 148 valence electrons. The SMILES string of the molecule is O=C(Cl)c1cc(Cc2ccccc2)c(Cc2ccccc2)c(Cc2ccccc2)c1. The molecule has 4 rings (SSSR count). The van der Waals surface area contributed by atoms with Gasteiger partial charge in [0.25, 0.3) is 5.24 Å². The van der Waals surface area contributed by atoms with Crippen LogP contribution in [0.4, 0.5) is 0 Å². The van der Waals surface area contributed by atoms with Crippen molar-refractivity contribution in [1.29, 1.82) is 0 Å². The maximum absolute atomic E-state index is 12.1. The van der Waals surface area contributed by atoms with Gasteiger partial charge in [-0.3, -0.25) is 4.79 Å². The maximum atomic E-state index is 12.1. The van der Waals surface area contributed by atoms with Crippen molar-refractivity contribution in [1.82, 2.24) is 0 Å². The number of carbonyl (C=O) groups excluding carboxylic acids is 1. The van der Waals surface area contributed by atoms with Crippen LogP contribution in [-0.4, -0.2) is 5.24 Å². The van der Waals surface area contributed by atoms with Crippen LogP contribution in [-0.2, 0) is 19.3 Å². The van der Waals surface area contributed by atoms with Crippen molar-refractivity contribution in [2.24, 2.45) is 0 Å². The van der Waals surface area contributed by atoms with E-state index in [1.807, 2.05) is 54.6 Å². The molecule has 1 nitrogen and oxygen atoms in total. The minimum atomic E-state index is -0.412. The third-order valence-electron chi connectivity index (χ3n) is 5.36. The van der Waals surface area contributed by atoms with Crippen molar-refractivity contribution in [3.8, 4) is 0 Å². The fourth-order valence-electron chi connectivity index (χ4n) is 3.89. The summed E-state index contributed by atoms with van der Waals surface area (Å²) in [5, 5.41) is -0.412. The molecule has 0 radical (unpaired) electrons. The lowest BCUT2D eigenvalue weighted by molar-refractivity contribution is 0.108. The summed E-state index contributed by atoms with van der Waals surface area (Å²) in [7, 11) is 0. The Morgan fingerprint density at radius 2 is 0.933 bits per heavy atom. The first-order chi connectivity index (χ1) is 14.7. The van der Waals surface area contributed by atoms with Crippen molar-refractivity contribution >= 4 is 16.8 Å². The molecule has 4 aromatic carbocycles. The van der Waals surface area contributed by atoms with E-state index >= 15 is 0 Å². The van der Waals surface area contributed by atoms with Crippen molar-refractivity contribution in [3.05, 3.63) is 142 Å². The number of hydrogen-bond acceptors (Lipinski definition) is 1. The minimum Gasteiger partial charge on any atom is -0.276 e. The second-order valence-electron chi connectivity index (χ2n) is 7.53. The van der Waals surface area contributed by atoms with Crippen LogP contribution in [0.2, 0.25) is 0 Å². The fourth-order valence-corrected chi connectivity index (χ4v) is 3.99. The van der Waals surface area contributed by atoms with Gasteiger partial charge >= 0.3 is 0 Å². The van der Waals surface area contributed by atoms with Crippen LogP contribution in [0.5, 0.6) is 0 Å². The van der Waals surface area contributed by atoms with Crippen LogP contribution in [0.3, 0.4) is 0 Å². The lowest BCUT2D eigenvalue weighted by atomic mass is 9.87. The molecular formula is C28H23ClO. The summed E-state index contributed by atoms with van der Waals surface area (Å²) in [5.74, 6) is 0. The molecule has 0 saturated heterocycles. The average molecular weight is 411 g/mol. The Morgan fingerprint density at radius 3 is 1.30 bits per heavy atom. The third kappa shape index (κ3) is 5.06. The van der Waals surface area contributed by atoms with Gasteiger partial charge < -0.3 is 0 Å². The molecule has 0 aliphatic rings. The Kier molecular flexibility index (Phi) is 6.41. The number of benzene rings is 4. The summed E-state index contributed by atoms with van der Waals surface area (Å²) in [6, 6.07) is 35.1. The molecule has 0 bridgehead atoms. The van der Waals surface area contributed by atoms with E-state index in [4.69, 9.17) is 11.6 Å². The molecule has 0 heterocycles. The molecule has 0 aromatic heterocycles. The van der Waals surface area contributed by atoms with E-state index in [0.717, 1.165) is 30.4 Å². The molecule has 0 aliphatic carbocycles. The highest BCUT2D eigenvalue weighted by molar-refractivity contribution is 6.67. The lowest BCUT2D eigenvalue weighted by Crippen LogP contribution is -2.06. The van der Waals surface area contributed by atoms with Crippen LogP contribution in [0.15, 0.2) is 103 Å². The van der Waals surface area contributed by atoms with Gasteiger partial charge in [0.2, 0.25) is 0 Å². The van der Waals surface area contributed by atoms with Gasteiger partial charge in [-0.2, -0.15) is 0 Å². The van der Waals surface area contributed by atoms with E-state index in [-0.39, 0.29) is 0 Å². The summed E-state index contributed by atoms with van der Waals surface area (Å²) in [6.07, 6.45) is 2.35. The van der Waals surface area contributed by atoms with Crippen LogP contribution in [0.25, 0.3) is 0 Å². The third-order valence-corrected chi connectivity index (χ3v) is 5.58. The molecule has 0 unspecified atom stereocenters. The van der Waals surface area contributed by atoms with E-state index in [2.05, 4.69) is 48.5 Å². The predicted octanol–water partition coefficient (Wildman–Crippen LogP) is 6.84. The topological polar surface area (TPSA) is 17.1 Å². The molecule has 0 spiro atoms. The number of hydrogen-bond donors (Lipinski definition) is 0. The quantitative estimate of drug-likeness (QED) is 0.305. The zero-order chi connectivity index (χ0) is 20.8. The summed E-state index contributed by atoms with van der Waals surface area (Å²) in [5.41, 5.74) is 7.84. The van der Waals surface area contributed by atoms with Crippen molar-refractivity contribution in [2.75, 3.05) is 0 Å². The highest BCUT2D eigenvalue weighted by Gasteiger charge is 2.15. The lowest BCUT2D eigenvalue weighted by Gasteiger charge is -2.18. The molecular weight excluding hydrogens is 388 g/mol. The highest BCUT2D eigenvalue weighted by Crippen LogP contribution is 2.27. The highest BCUT2D eigenvalue weighted by atomic mass is 35.5. The van der Waals surface area contributed by atoms with Gasteiger partial charge in [0.05, 0.1) is 0 Å². The molecule has 0 saturated carbocycles. The Balaban J connectivity index is 1.83. The van der Waals surface area contributed by atoms with Gasteiger partial charge in [-0.15, -0.1) is 0 Å². The number of carbonyl (C=O) groups is 1. The first-order valence-electron chi connectivity index (χ1n) is 10.2. The van der Waals surface area contributed by atoms with Gasteiger partial charge in [-0.25, -0.2) is 0 Å². The molecule has 0 N–H and O–H groups in total. The van der Waals surface area contributed by atoms with Crippen LogP contribution in [0, 0.1) is 0 Å². The van der Waals surface area contributed by atoms with E-state index < -0.39 is 5.24 Å². The molecule has 0 fully saturated rings. The van der Waals surface area contributed by atoms with Crippen LogP contribution in [0.1, 0.15) is 43.7 Å². The zero-order valence-electron chi connectivity index (χ0n) is 16.7. The summed E-state index contributed by atoms with van der Waals surface area (Å²) in [6.45, 7) is 0. The fraction of sp³-hybridized carbons (Fsp3) is 0.107. The molecule has 0 aliphatic heterocycles. The smallest absolute Gasteiger partial charge is 0.252 e. The van der Waals surface area contributed by atoms with Crippen molar-refractivity contribution in [3.63, 3.8) is 0 Å². The minimum absolute atomic E-state index is 0.412. The Morgan fingerprint density at radius 1 is 0.567 bits per heavy atom. The van der Waals surface area contributed by atoms with Gasteiger partial charge in [0.15, 0.2) is 0 Å².